The molecular weight excluding hydrogens is 234 g/mol. The smallest absolute Gasteiger partial charge is 0.306 e. The van der Waals surface area contributed by atoms with Crippen molar-refractivity contribution >= 4 is 11.9 Å². The zero-order valence-electron chi connectivity index (χ0n) is 10.3. The van der Waals surface area contributed by atoms with E-state index >= 15 is 0 Å². The summed E-state index contributed by atoms with van der Waals surface area (Å²) in [6, 6.07) is 3.60. The molecule has 1 aliphatic carbocycles. The van der Waals surface area contributed by atoms with Gasteiger partial charge in [-0.25, -0.2) is 0 Å². The topological polar surface area (TPSA) is 70.8 Å². The van der Waals surface area contributed by atoms with E-state index in [1.165, 1.54) is 0 Å². The van der Waals surface area contributed by atoms with E-state index in [9.17, 15) is 9.59 Å². The lowest BCUT2D eigenvalue weighted by molar-refractivity contribution is -0.141. The lowest BCUT2D eigenvalue weighted by Gasteiger charge is -2.19. The molecule has 1 aliphatic rings. The van der Waals surface area contributed by atoms with Crippen molar-refractivity contribution in [2.24, 2.45) is 11.8 Å². The minimum atomic E-state index is -0.793. The van der Waals surface area contributed by atoms with Crippen molar-refractivity contribution in [1.29, 1.82) is 0 Å². The van der Waals surface area contributed by atoms with Gasteiger partial charge in [0.05, 0.1) is 18.7 Å². The molecule has 98 valence electrons. The monoisotopic (exact) mass is 251 g/mol. The van der Waals surface area contributed by atoms with E-state index in [-0.39, 0.29) is 17.7 Å². The Morgan fingerprint density at radius 2 is 2.17 bits per heavy atom. The van der Waals surface area contributed by atoms with E-state index in [1.54, 1.807) is 24.3 Å². The highest BCUT2D eigenvalue weighted by molar-refractivity contribution is 5.80. The van der Waals surface area contributed by atoms with Crippen molar-refractivity contribution in [3.63, 3.8) is 0 Å². The number of carbonyl (C=O) groups is 2. The minimum Gasteiger partial charge on any atom is -0.481 e. The van der Waals surface area contributed by atoms with Crippen LogP contribution in [-0.2, 0) is 16.1 Å². The Morgan fingerprint density at radius 1 is 1.44 bits per heavy atom. The van der Waals surface area contributed by atoms with E-state index in [2.05, 4.69) is 0 Å². The summed E-state index contributed by atoms with van der Waals surface area (Å²) >= 11 is 0. The minimum absolute atomic E-state index is 0.00940. The zero-order valence-corrected chi connectivity index (χ0v) is 10.3. The van der Waals surface area contributed by atoms with Gasteiger partial charge in [-0.1, -0.05) is 0 Å². The average Bonchev–Trinajstić information content (AvgIpc) is 2.98. The number of hydrogen-bond donors (Lipinski definition) is 1. The van der Waals surface area contributed by atoms with Crippen LogP contribution >= 0.6 is 0 Å². The van der Waals surface area contributed by atoms with E-state index in [4.69, 9.17) is 9.52 Å². The molecule has 0 saturated heterocycles. The van der Waals surface area contributed by atoms with Crippen LogP contribution in [0.1, 0.15) is 25.0 Å². The molecule has 1 fully saturated rings. The van der Waals surface area contributed by atoms with Crippen molar-refractivity contribution in [2.75, 3.05) is 7.05 Å². The Bertz CT molecular complexity index is 426. The molecule has 1 N–H and O–H groups in total. The van der Waals surface area contributed by atoms with Crippen LogP contribution < -0.4 is 0 Å². The summed E-state index contributed by atoms with van der Waals surface area (Å²) in [6.45, 7) is 0.431. The highest BCUT2D eigenvalue weighted by atomic mass is 16.4. The maximum Gasteiger partial charge on any atom is 0.306 e. The molecule has 2 atom stereocenters. The van der Waals surface area contributed by atoms with Gasteiger partial charge in [0.2, 0.25) is 5.91 Å². The molecule has 2 rings (SSSR count). The lowest BCUT2D eigenvalue weighted by atomic mass is 10.0. The highest BCUT2D eigenvalue weighted by Crippen LogP contribution is 2.32. The third-order valence-electron chi connectivity index (χ3n) is 3.48. The number of carboxylic acid groups (broad SMARTS) is 1. The molecule has 0 bridgehead atoms. The summed E-state index contributed by atoms with van der Waals surface area (Å²) in [4.78, 5) is 24.6. The Kier molecular flexibility index (Phi) is 3.69. The molecule has 1 aromatic heterocycles. The lowest BCUT2D eigenvalue weighted by Crippen LogP contribution is -2.31. The number of furan rings is 1. The van der Waals surface area contributed by atoms with Gasteiger partial charge in [0.15, 0.2) is 0 Å². The normalized spacial score (nSPS) is 22.9. The Morgan fingerprint density at radius 3 is 2.72 bits per heavy atom. The van der Waals surface area contributed by atoms with Crippen LogP contribution in [0, 0.1) is 11.8 Å². The van der Waals surface area contributed by atoms with Crippen molar-refractivity contribution in [2.45, 2.75) is 25.8 Å². The van der Waals surface area contributed by atoms with Crippen LogP contribution in [-0.4, -0.2) is 28.9 Å². The molecule has 1 aromatic rings. The average molecular weight is 251 g/mol. The first-order valence-electron chi connectivity index (χ1n) is 6.08. The van der Waals surface area contributed by atoms with Crippen LogP contribution in [0.15, 0.2) is 22.8 Å². The van der Waals surface area contributed by atoms with Crippen LogP contribution in [0.25, 0.3) is 0 Å². The molecule has 0 spiro atoms. The van der Waals surface area contributed by atoms with Crippen molar-refractivity contribution in [3.05, 3.63) is 24.2 Å². The largest absolute Gasteiger partial charge is 0.481 e. The number of aliphatic carboxylic acids is 1. The van der Waals surface area contributed by atoms with E-state index in [1.807, 2.05) is 6.07 Å². The quantitative estimate of drug-likeness (QED) is 0.884. The highest BCUT2D eigenvalue weighted by Gasteiger charge is 2.35. The second-order valence-corrected chi connectivity index (χ2v) is 4.82. The molecule has 1 heterocycles. The van der Waals surface area contributed by atoms with Crippen molar-refractivity contribution in [3.8, 4) is 0 Å². The molecule has 1 saturated carbocycles. The number of amides is 1. The molecule has 0 aromatic carbocycles. The fraction of sp³-hybridized carbons (Fsp3) is 0.538. The number of carboxylic acids is 1. The third kappa shape index (κ3) is 2.72. The van der Waals surface area contributed by atoms with Gasteiger partial charge in [0.25, 0.3) is 0 Å². The summed E-state index contributed by atoms with van der Waals surface area (Å²) < 4.78 is 5.19. The molecule has 0 radical (unpaired) electrons. The van der Waals surface area contributed by atoms with Gasteiger partial charge in [-0.2, -0.15) is 0 Å². The maximum absolute atomic E-state index is 12.1. The fourth-order valence-corrected chi connectivity index (χ4v) is 2.46. The standard InChI is InChI=1S/C13H17NO4/c1-14(8-11-3-2-6-18-11)12(15)9-4-5-10(7-9)13(16)17/h2-3,6,9-10H,4-5,7-8H2,1H3,(H,16,17)/t9-,10+/m1/s1. The van der Waals surface area contributed by atoms with Crippen LogP contribution in [0.4, 0.5) is 0 Å². The number of hydrogen-bond acceptors (Lipinski definition) is 3. The second kappa shape index (κ2) is 5.25. The fourth-order valence-electron chi connectivity index (χ4n) is 2.46. The van der Waals surface area contributed by atoms with Gasteiger partial charge in [-0.15, -0.1) is 0 Å². The van der Waals surface area contributed by atoms with Gasteiger partial charge < -0.3 is 14.4 Å². The first-order chi connectivity index (χ1) is 8.58. The van der Waals surface area contributed by atoms with E-state index in [0.29, 0.717) is 25.8 Å². The van der Waals surface area contributed by atoms with Crippen LogP contribution in [0.5, 0.6) is 0 Å². The third-order valence-corrected chi connectivity index (χ3v) is 3.48. The summed E-state index contributed by atoms with van der Waals surface area (Å²) in [5.41, 5.74) is 0. The summed E-state index contributed by atoms with van der Waals surface area (Å²) in [5, 5.41) is 8.92. The molecule has 5 heteroatoms. The number of carbonyl (C=O) groups excluding carboxylic acids is 1. The first-order valence-corrected chi connectivity index (χ1v) is 6.08. The predicted octanol–water partition coefficient (Wildman–Crippen LogP) is 1.74. The van der Waals surface area contributed by atoms with Gasteiger partial charge >= 0.3 is 5.97 Å². The molecule has 0 aliphatic heterocycles. The Labute approximate surface area is 105 Å². The second-order valence-electron chi connectivity index (χ2n) is 4.82. The number of nitrogens with zero attached hydrogens (tertiary/aromatic N) is 1. The summed E-state index contributed by atoms with van der Waals surface area (Å²) in [6.07, 6.45) is 3.29. The zero-order chi connectivity index (χ0) is 13.1. The Balaban J connectivity index is 1.90. The molecule has 5 nitrogen and oxygen atoms in total. The first kappa shape index (κ1) is 12.7. The van der Waals surface area contributed by atoms with Crippen molar-refractivity contribution in [1.82, 2.24) is 4.90 Å². The Hall–Kier alpha value is -1.78. The number of rotatable bonds is 4. The maximum atomic E-state index is 12.1. The van der Waals surface area contributed by atoms with Crippen LogP contribution in [0.3, 0.4) is 0 Å². The van der Waals surface area contributed by atoms with Gasteiger partial charge in [-0.3, -0.25) is 9.59 Å². The van der Waals surface area contributed by atoms with E-state index in [0.717, 1.165) is 5.76 Å². The summed E-state index contributed by atoms with van der Waals surface area (Å²) in [7, 11) is 1.72. The van der Waals surface area contributed by atoms with Crippen molar-refractivity contribution < 1.29 is 19.1 Å². The SMILES string of the molecule is CN(Cc1ccco1)C(=O)[C@@H]1CC[C@H](C(=O)O)C1. The molecule has 0 unspecified atom stereocenters. The molecule has 18 heavy (non-hydrogen) atoms. The molecule has 1 amide bonds. The van der Waals surface area contributed by atoms with Gasteiger partial charge in [0, 0.05) is 13.0 Å². The van der Waals surface area contributed by atoms with Gasteiger partial charge in [0.1, 0.15) is 5.76 Å². The summed E-state index contributed by atoms with van der Waals surface area (Å²) in [5.74, 6) is -0.574. The van der Waals surface area contributed by atoms with Crippen LogP contribution in [0.2, 0.25) is 0 Å². The predicted molar refractivity (Wildman–Crippen MR) is 63.6 cm³/mol. The molecular formula is C13H17NO4. The van der Waals surface area contributed by atoms with Gasteiger partial charge in [-0.05, 0) is 31.4 Å². The van der Waals surface area contributed by atoms with E-state index < -0.39 is 5.97 Å².